The van der Waals surface area contributed by atoms with Gasteiger partial charge in [0.2, 0.25) is 0 Å². The number of aliphatic hydroxyl groups excluding tert-OH is 4. The Labute approximate surface area is 109 Å². The minimum atomic E-state index is -1.49. The fourth-order valence-corrected chi connectivity index (χ4v) is 1.57. The second-order valence-electron chi connectivity index (χ2n) is 3.94. The predicted molar refractivity (Wildman–Crippen MR) is 60.9 cm³/mol. The number of aliphatic hydroxyl groups is 4. The summed E-state index contributed by atoms with van der Waals surface area (Å²) in [7, 11) is 0. The van der Waals surface area contributed by atoms with E-state index in [9.17, 15) is 20.1 Å². The number of hydrogen-bond acceptors (Lipinski definition) is 8. The highest BCUT2D eigenvalue weighted by Gasteiger charge is 2.43. The fourth-order valence-electron chi connectivity index (χ4n) is 1.57. The van der Waals surface area contributed by atoms with Gasteiger partial charge in [-0.1, -0.05) is 6.58 Å². The Balaban J connectivity index is 2.39. The van der Waals surface area contributed by atoms with Crippen LogP contribution in [-0.2, 0) is 19.0 Å². The van der Waals surface area contributed by atoms with Crippen LogP contribution in [0.5, 0.6) is 0 Å². The fraction of sp³-hybridized carbons (Fsp3) is 0.727. The molecule has 0 amide bonds. The highest BCUT2D eigenvalue weighted by molar-refractivity contribution is 5.81. The summed E-state index contributed by atoms with van der Waals surface area (Å²) in [5.41, 5.74) is 0. The van der Waals surface area contributed by atoms with Crippen molar-refractivity contribution in [1.82, 2.24) is 0 Å². The van der Waals surface area contributed by atoms with Gasteiger partial charge in [-0.3, -0.25) is 0 Å². The topological polar surface area (TPSA) is 126 Å². The van der Waals surface area contributed by atoms with Gasteiger partial charge in [-0.05, 0) is 0 Å². The Morgan fingerprint density at radius 2 is 1.89 bits per heavy atom. The first-order valence-corrected chi connectivity index (χ1v) is 5.72. The first kappa shape index (κ1) is 16.0. The Kier molecular flexibility index (Phi) is 6.35. The molecule has 110 valence electrons. The molecule has 1 rings (SSSR count). The first-order chi connectivity index (χ1) is 9.01. The van der Waals surface area contributed by atoms with Crippen LogP contribution in [0.25, 0.3) is 0 Å². The minimum absolute atomic E-state index is 0.0811. The molecule has 4 N–H and O–H groups in total. The number of rotatable bonds is 6. The molecule has 8 heteroatoms. The van der Waals surface area contributed by atoms with Crippen molar-refractivity contribution in [3.63, 3.8) is 0 Å². The normalized spacial score (nSPS) is 34.8. The highest BCUT2D eigenvalue weighted by atomic mass is 16.7. The number of ether oxygens (including phenoxy) is 3. The Bertz CT molecular complexity index is 305. The lowest BCUT2D eigenvalue weighted by Crippen LogP contribution is -2.59. The van der Waals surface area contributed by atoms with E-state index in [1.165, 1.54) is 0 Å². The molecule has 1 saturated heterocycles. The van der Waals surface area contributed by atoms with Crippen molar-refractivity contribution < 1.29 is 39.4 Å². The third-order valence-corrected chi connectivity index (χ3v) is 2.62. The Hall–Kier alpha value is -1.03. The maximum absolute atomic E-state index is 10.7. The molecule has 19 heavy (non-hydrogen) atoms. The van der Waals surface area contributed by atoms with Gasteiger partial charge in [0.25, 0.3) is 0 Å². The molecule has 1 heterocycles. The number of carbonyl (C=O) groups is 1. The van der Waals surface area contributed by atoms with E-state index in [0.717, 1.165) is 6.08 Å². The molecule has 0 aromatic rings. The van der Waals surface area contributed by atoms with Crippen LogP contribution in [0, 0.1) is 0 Å². The third-order valence-electron chi connectivity index (χ3n) is 2.62. The van der Waals surface area contributed by atoms with Gasteiger partial charge in [-0.15, -0.1) is 0 Å². The molecule has 0 unspecified atom stereocenters. The maximum atomic E-state index is 10.7. The molecule has 0 radical (unpaired) electrons. The van der Waals surface area contributed by atoms with E-state index in [0.29, 0.717) is 0 Å². The van der Waals surface area contributed by atoms with Gasteiger partial charge >= 0.3 is 5.97 Å². The van der Waals surface area contributed by atoms with Gasteiger partial charge in [-0.25, -0.2) is 4.79 Å². The van der Waals surface area contributed by atoms with Crippen molar-refractivity contribution >= 4 is 5.97 Å². The average molecular weight is 278 g/mol. The summed E-state index contributed by atoms with van der Waals surface area (Å²) in [5.74, 6) is -0.614. The lowest BCUT2D eigenvalue weighted by atomic mass is 9.99. The van der Waals surface area contributed by atoms with E-state index in [-0.39, 0.29) is 13.2 Å². The van der Waals surface area contributed by atoms with Gasteiger partial charge in [0.15, 0.2) is 6.29 Å². The van der Waals surface area contributed by atoms with Crippen LogP contribution in [0.4, 0.5) is 0 Å². The molecule has 0 aromatic heterocycles. The number of hydrogen-bond donors (Lipinski definition) is 4. The van der Waals surface area contributed by atoms with E-state index in [2.05, 4.69) is 11.3 Å². The zero-order valence-corrected chi connectivity index (χ0v) is 10.2. The molecule has 8 nitrogen and oxygen atoms in total. The lowest BCUT2D eigenvalue weighted by Gasteiger charge is -2.39. The molecule has 0 aromatic carbocycles. The van der Waals surface area contributed by atoms with Crippen LogP contribution < -0.4 is 0 Å². The Morgan fingerprint density at radius 1 is 1.21 bits per heavy atom. The van der Waals surface area contributed by atoms with Gasteiger partial charge in [0.05, 0.1) is 13.2 Å². The number of esters is 1. The van der Waals surface area contributed by atoms with Crippen molar-refractivity contribution in [2.45, 2.75) is 30.7 Å². The summed E-state index contributed by atoms with van der Waals surface area (Å²) in [4.78, 5) is 10.7. The summed E-state index contributed by atoms with van der Waals surface area (Å²) in [6.45, 7) is 2.52. The summed E-state index contributed by atoms with van der Waals surface area (Å²) in [6, 6.07) is 0. The standard InChI is InChI=1S/C11H18O8/c1-2-7(13)17-3-4-18-11-10(16)9(15)8(14)6(5-12)19-11/h2,6,8-12,14-16H,1,3-5H2/t6-,8-,9+,10-,11-/m1/s1. The molecule has 0 spiro atoms. The van der Waals surface area contributed by atoms with Gasteiger partial charge < -0.3 is 34.6 Å². The first-order valence-electron chi connectivity index (χ1n) is 5.72. The van der Waals surface area contributed by atoms with Gasteiger partial charge in [0, 0.05) is 6.08 Å². The zero-order valence-electron chi connectivity index (χ0n) is 10.2. The molecule has 5 atom stereocenters. The van der Waals surface area contributed by atoms with E-state index < -0.39 is 43.3 Å². The summed E-state index contributed by atoms with van der Waals surface area (Å²) >= 11 is 0. The second kappa shape index (κ2) is 7.53. The zero-order chi connectivity index (χ0) is 14.4. The molecule has 1 aliphatic heterocycles. The van der Waals surface area contributed by atoms with Crippen LogP contribution >= 0.6 is 0 Å². The average Bonchev–Trinajstić information content (AvgIpc) is 2.42. The summed E-state index contributed by atoms with van der Waals surface area (Å²) < 4.78 is 14.8. The largest absolute Gasteiger partial charge is 0.460 e. The molecule has 0 aliphatic carbocycles. The Morgan fingerprint density at radius 3 is 2.47 bits per heavy atom. The minimum Gasteiger partial charge on any atom is -0.460 e. The van der Waals surface area contributed by atoms with E-state index in [4.69, 9.17) is 14.6 Å². The summed E-state index contributed by atoms with van der Waals surface area (Å²) in [5, 5.41) is 37.6. The quantitative estimate of drug-likeness (QED) is 0.239. The van der Waals surface area contributed by atoms with Gasteiger partial charge in [-0.2, -0.15) is 0 Å². The molecule has 1 fully saturated rings. The molecule has 0 saturated carbocycles. The maximum Gasteiger partial charge on any atom is 0.330 e. The smallest absolute Gasteiger partial charge is 0.330 e. The van der Waals surface area contributed by atoms with Crippen LogP contribution in [-0.4, -0.2) is 76.9 Å². The highest BCUT2D eigenvalue weighted by Crippen LogP contribution is 2.21. The summed E-state index contributed by atoms with van der Waals surface area (Å²) in [6.07, 6.45) is -5.65. The van der Waals surface area contributed by atoms with Gasteiger partial charge in [0.1, 0.15) is 31.0 Å². The molecular weight excluding hydrogens is 260 g/mol. The lowest BCUT2D eigenvalue weighted by molar-refractivity contribution is -0.302. The van der Waals surface area contributed by atoms with E-state index in [1.54, 1.807) is 0 Å². The third kappa shape index (κ3) is 4.23. The van der Waals surface area contributed by atoms with Crippen LogP contribution in [0.3, 0.4) is 0 Å². The van der Waals surface area contributed by atoms with Crippen molar-refractivity contribution in [1.29, 1.82) is 0 Å². The number of carbonyl (C=O) groups excluding carboxylic acids is 1. The predicted octanol–water partition coefficient (Wildman–Crippen LogP) is -2.47. The van der Waals surface area contributed by atoms with Crippen molar-refractivity contribution in [2.75, 3.05) is 19.8 Å². The molecule has 1 aliphatic rings. The van der Waals surface area contributed by atoms with Crippen molar-refractivity contribution in [3.05, 3.63) is 12.7 Å². The van der Waals surface area contributed by atoms with Crippen molar-refractivity contribution in [2.24, 2.45) is 0 Å². The second-order valence-corrected chi connectivity index (χ2v) is 3.94. The SMILES string of the molecule is C=CC(=O)OCCO[C@@H]1O[C@H](CO)[C@@H](O)[C@H](O)[C@H]1O. The van der Waals surface area contributed by atoms with Crippen molar-refractivity contribution in [3.8, 4) is 0 Å². The molecule has 0 bridgehead atoms. The molecular formula is C11H18O8. The monoisotopic (exact) mass is 278 g/mol. The van der Waals surface area contributed by atoms with E-state index >= 15 is 0 Å². The van der Waals surface area contributed by atoms with Crippen LogP contribution in [0.2, 0.25) is 0 Å². The van der Waals surface area contributed by atoms with E-state index in [1.807, 2.05) is 0 Å². The van der Waals surface area contributed by atoms with Crippen LogP contribution in [0.15, 0.2) is 12.7 Å². The van der Waals surface area contributed by atoms with Crippen LogP contribution in [0.1, 0.15) is 0 Å².